The molecule has 0 fully saturated rings. The van der Waals surface area contributed by atoms with E-state index in [1.165, 1.54) is 0 Å². The van der Waals surface area contributed by atoms with Crippen LogP contribution in [0.15, 0.2) is 97.2 Å². The molecule has 2 aromatic heterocycles. The van der Waals surface area contributed by atoms with E-state index in [4.69, 9.17) is 0 Å². The van der Waals surface area contributed by atoms with Gasteiger partial charge in [-0.1, -0.05) is 29.5 Å². The lowest BCUT2D eigenvalue weighted by Gasteiger charge is -2.11. The number of nitrogens with zero attached hydrogens (tertiary/aromatic N) is 6. The predicted molar refractivity (Wildman–Crippen MR) is 192 cm³/mol. The van der Waals surface area contributed by atoms with Crippen LogP contribution in [0.4, 0.5) is 0 Å². The lowest BCUT2D eigenvalue weighted by Crippen LogP contribution is -2.27. The Balaban J connectivity index is 1.21. The number of benzene rings is 4. The minimum absolute atomic E-state index is 0.0622. The van der Waals surface area contributed by atoms with Gasteiger partial charge in [0.05, 0.1) is 22.9 Å². The molecule has 10 heteroatoms. The normalized spacial score (nSPS) is 11.5. The van der Waals surface area contributed by atoms with Gasteiger partial charge in [0.15, 0.2) is 0 Å². The van der Waals surface area contributed by atoms with E-state index in [0.29, 0.717) is 24.2 Å². The van der Waals surface area contributed by atoms with Crippen molar-refractivity contribution in [2.75, 3.05) is 54.4 Å². The van der Waals surface area contributed by atoms with Gasteiger partial charge in [0.25, 0.3) is 11.8 Å². The Labute approximate surface area is 281 Å². The molecule has 246 valence electrons. The van der Waals surface area contributed by atoms with Crippen LogP contribution in [0.2, 0.25) is 0 Å². The van der Waals surface area contributed by atoms with Crippen LogP contribution in [0.5, 0.6) is 0 Å². The van der Waals surface area contributed by atoms with Crippen molar-refractivity contribution in [2.24, 2.45) is 0 Å². The summed E-state index contributed by atoms with van der Waals surface area (Å²) in [7, 11) is 8.10. The highest BCUT2D eigenvalue weighted by Gasteiger charge is 2.15. The molecular formula is C38H42N8O2. The van der Waals surface area contributed by atoms with E-state index in [-0.39, 0.29) is 11.8 Å². The maximum absolute atomic E-state index is 12.7. The van der Waals surface area contributed by atoms with Crippen molar-refractivity contribution in [1.82, 2.24) is 40.0 Å². The summed E-state index contributed by atoms with van der Waals surface area (Å²) >= 11 is 0. The fourth-order valence-electron chi connectivity index (χ4n) is 5.86. The molecule has 0 bridgehead atoms. The number of para-hydroxylation sites is 1. The van der Waals surface area contributed by atoms with Crippen molar-refractivity contribution in [1.29, 1.82) is 0 Å². The molecular weight excluding hydrogens is 600 g/mol. The first kappa shape index (κ1) is 32.6. The fraction of sp³-hybridized carbons (Fsp3) is 0.263. The molecule has 6 aromatic rings. The minimum Gasteiger partial charge on any atom is -0.352 e. The van der Waals surface area contributed by atoms with Gasteiger partial charge in [0, 0.05) is 46.2 Å². The summed E-state index contributed by atoms with van der Waals surface area (Å²) in [6, 6.07) is 29.8. The summed E-state index contributed by atoms with van der Waals surface area (Å²) < 4.78 is 3.95. The van der Waals surface area contributed by atoms with Crippen LogP contribution in [-0.4, -0.2) is 95.5 Å². The topological polar surface area (TPSA) is 100 Å². The lowest BCUT2D eigenvalue weighted by molar-refractivity contribution is 0.0944. The zero-order chi connectivity index (χ0) is 33.6. The smallest absolute Gasteiger partial charge is 0.251 e. The third kappa shape index (κ3) is 7.30. The van der Waals surface area contributed by atoms with Crippen molar-refractivity contribution in [2.45, 2.75) is 12.8 Å². The maximum Gasteiger partial charge on any atom is 0.251 e. The van der Waals surface area contributed by atoms with Gasteiger partial charge in [-0.2, -0.15) is 0 Å². The third-order valence-electron chi connectivity index (χ3n) is 8.38. The number of amides is 2. The van der Waals surface area contributed by atoms with Gasteiger partial charge in [-0.3, -0.25) is 9.59 Å². The van der Waals surface area contributed by atoms with Crippen LogP contribution >= 0.6 is 0 Å². The van der Waals surface area contributed by atoms with Crippen molar-refractivity contribution in [3.63, 3.8) is 0 Å². The van der Waals surface area contributed by atoms with Gasteiger partial charge < -0.3 is 25.0 Å². The first-order valence-electron chi connectivity index (χ1n) is 16.3. The second kappa shape index (κ2) is 14.6. The van der Waals surface area contributed by atoms with Gasteiger partial charge in [0.1, 0.15) is 5.69 Å². The molecule has 10 nitrogen and oxygen atoms in total. The Kier molecular flexibility index (Phi) is 9.94. The average Bonchev–Trinajstić information content (AvgIpc) is 3.72. The molecule has 2 amide bonds. The Bertz CT molecular complexity index is 2020. The first-order chi connectivity index (χ1) is 23.3. The maximum atomic E-state index is 12.7. The molecule has 4 aromatic carbocycles. The number of carbonyl (C=O) groups excluding carboxylic acids is 2. The largest absolute Gasteiger partial charge is 0.352 e. The SMILES string of the molecule is CN(C)CCCNC(=O)c1ccc(-n2cc(-c3ccc4c(c3)c3ccccc3n4-c3ccc(C(=O)NCCCN(C)C)cc3)nn2)cc1. The molecule has 2 N–H and O–H groups in total. The van der Waals surface area contributed by atoms with Crippen molar-refractivity contribution >= 4 is 33.6 Å². The third-order valence-corrected chi connectivity index (χ3v) is 8.38. The highest BCUT2D eigenvalue weighted by atomic mass is 16.2. The molecule has 0 aliphatic rings. The van der Waals surface area contributed by atoms with Crippen molar-refractivity contribution in [3.05, 3.63) is 108 Å². The number of fused-ring (bicyclic) bond motifs is 3. The Morgan fingerprint density at radius 1 is 0.667 bits per heavy atom. The lowest BCUT2D eigenvalue weighted by atomic mass is 10.1. The molecule has 0 aliphatic heterocycles. The molecule has 48 heavy (non-hydrogen) atoms. The van der Waals surface area contributed by atoms with E-state index in [2.05, 4.69) is 65.6 Å². The first-order valence-corrected chi connectivity index (χ1v) is 16.3. The predicted octanol–water partition coefficient (Wildman–Crippen LogP) is 5.39. The standard InChI is InChI=1S/C38H42N8O2/c1-43(2)23-7-21-39-37(47)27-11-16-30(17-12-27)45-26-34(41-42-45)29-15-20-36-33(25-29)32-9-5-6-10-35(32)46(36)31-18-13-28(14-19-31)38(48)40-22-8-24-44(3)4/h5-6,9-20,25-26H,7-8,21-24H2,1-4H3,(H,39,47)(H,40,48). The number of nitrogens with one attached hydrogen (secondary N) is 2. The zero-order valence-electron chi connectivity index (χ0n) is 28.0. The Morgan fingerprint density at radius 2 is 1.23 bits per heavy atom. The number of hydrogen-bond donors (Lipinski definition) is 2. The molecule has 0 radical (unpaired) electrons. The van der Waals surface area contributed by atoms with Crippen LogP contribution in [0.25, 0.3) is 44.4 Å². The van der Waals surface area contributed by atoms with Crippen LogP contribution in [0.3, 0.4) is 0 Å². The fourth-order valence-corrected chi connectivity index (χ4v) is 5.86. The Hall–Kier alpha value is -5.32. The molecule has 0 spiro atoms. The summed E-state index contributed by atoms with van der Waals surface area (Å²) in [4.78, 5) is 29.5. The van der Waals surface area contributed by atoms with Gasteiger partial charge >= 0.3 is 0 Å². The molecule has 0 saturated carbocycles. The summed E-state index contributed by atoms with van der Waals surface area (Å²) in [5.74, 6) is -0.146. The highest BCUT2D eigenvalue weighted by Crippen LogP contribution is 2.34. The van der Waals surface area contributed by atoms with Gasteiger partial charge in [-0.25, -0.2) is 4.68 Å². The summed E-state index contributed by atoms with van der Waals surface area (Å²) in [5, 5.41) is 17.1. The van der Waals surface area contributed by atoms with E-state index >= 15 is 0 Å². The number of hydrogen-bond acceptors (Lipinski definition) is 6. The van der Waals surface area contributed by atoms with Crippen LogP contribution in [-0.2, 0) is 0 Å². The van der Waals surface area contributed by atoms with E-state index in [1.807, 2.05) is 95.1 Å². The summed E-state index contributed by atoms with van der Waals surface area (Å²) in [5.41, 5.74) is 6.89. The van der Waals surface area contributed by atoms with Crippen LogP contribution in [0.1, 0.15) is 33.6 Å². The second-order valence-electron chi connectivity index (χ2n) is 12.6. The van der Waals surface area contributed by atoms with Gasteiger partial charge in [-0.05, 0) is 121 Å². The molecule has 0 unspecified atom stereocenters. The van der Waals surface area contributed by atoms with Gasteiger partial charge in [-0.15, -0.1) is 5.10 Å². The average molecular weight is 643 g/mol. The van der Waals surface area contributed by atoms with Gasteiger partial charge in [0.2, 0.25) is 0 Å². The van der Waals surface area contributed by atoms with E-state index in [1.54, 1.807) is 4.68 Å². The van der Waals surface area contributed by atoms with Crippen molar-refractivity contribution < 1.29 is 9.59 Å². The highest BCUT2D eigenvalue weighted by molar-refractivity contribution is 6.10. The monoisotopic (exact) mass is 642 g/mol. The minimum atomic E-state index is -0.0837. The number of rotatable bonds is 13. The number of carbonyl (C=O) groups is 2. The van der Waals surface area contributed by atoms with E-state index < -0.39 is 0 Å². The molecule has 0 atom stereocenters. The quantitative estimate of drug-likeness (QED) is 0.164. The zero-order valence-corrected chi connectivity index (χ0v) is 28.0. The number of aromatic nitrogens is 4. The second-order valence-corrected chi connectivity index (χ2v) is 12.6. The molecule has 0 saturated heterocycles. The molecule has 2 heterocycles. The van der Waals surface area contributed by atoms with E-state index in [9.17, 15) is 9.59 Å². The Morgan fingerprint density at radius 3 is 1.83 bits per heavy atom. The summed E-state index contributed by atoms with van der Waals surface area (Å²) in [6.07, 6.45) is 3.71. The summed E-state index contributed by atoms with van der Waals surface area (Å²) in [6.45, 7) is 3.14. The van der Waals surface area contributed by atoms with Crippen molar-refractivity contribution in [3.8, 4) is 22.6 Å². The van der Waals surface area contributed by atoms with Crippen LogP contribution < -0.4 is 10.6 Å². The van der Waals surface area contributed by atoms with E-state index in [0.717, 1.165) is 70.4 Å². The molecule has 6 rings (SSSR count). The van der Waals surface area contributed by atoms with Crippen LogP contribution in [0, 0.1) is 0 Å². The molecule has 0 aliphatic carbocycles.